The zero-order valence-electron chi connectivity index (χ0n) is 18.5. The zero-order chi connectivity index (χ0) is 21.6. The lowest BCUT2D eigenvalue weighted by Crippen LogP contribution is -2.30. The molecule has 31 heavy (non-hydrogen) atoms. The maximum Gasteiger partial charge on any atom is 0.387 e. The molecule has 2 aromatic rings. The van der Waals surface area contributed by atoms with E-state index in [2.05, 4.69) is 48.1 Å². The van der Waals surface area contributed by atoms with E-state index in [1.165, 1.54) is 56.9 Å². The molecule has 2 aromatic carbocycles. The number of halogens is 2. The third-order valence-electron chi connectivity index (χ3n) is 7.49. The van der Waals surface area contributed by atoms with E-state index in [1.54, 1.807) is 12.1 Å². The molecule has 0 aliphatic heterocycles. The van der Waals surface area contributed by atoms with Gasteiger partial charge in [-0.2, -0.15) is 8.78 Å². The number of fused-ring (bicyclic) bond motifs is 1. The lowest BCUT2D eigenvalue weighted by molar-refractivity contribution is -0.0498. The fraction of sp³-hybridized carbons (Fsp3) is 0.500. The van der Waals surface area contributed by atoms with Crippen molar-refractivity contribution < 1.29 is 13.5 Å². The molecule has 4 unspecified atom stereocenters. The van der Waals surface area contributed by atoms with E-state index in [0.29, 0.717) is 5.92 Å². The van der Waals surface area contributed by atoms with E-state index in [4.69, 9.17) is 0 Å². The molecule has 0 saturated heterocycles. The van der Waals surface area contributed by atoms with Crippen LogP contribution in [0.15, 0.2) is 60.7 Å². The Morgan fingerprint density at radius 2 is 1.52 bits per heavy atom. The van der Waals surface area contributed by atoms with Gasteiger partial charge in [0.05, 0.1) is 0 Å². The van der Waals surface area contributed by atoms with Crippen LogP contribution in [-0.4, -0.2) is 6.61 Å². The van der Waals surface area contributed by atoms with Crippen LogP contribution in [0, 0.1) is 17.8 Å². The van der Waals surface area contributed by atoms with Gasteiger partial charge in [0, 0.05) is 0 Å². The third-order valence-corrected chi connectivity index (χ3v) is 7.49. The molecular formula is C28H34F2O. The van der Waals surface area contributed by atoms with Crippen molar-refractivity contribution in [1.29, 1.82) is 0 Å². The molecule has 0 amide bonds. The number of rotatable bonds is 7. The number of hydrogen-bond donors (Lipinski definition) is 0. The Morgan fingerprint density at radius 3 is 2.19 bits per heavy atom. The van der Waals surface area contributed by atoms with Crippen molar-refractivity contribution in [3.63, 3.8) is 0 Å². The first-order valence-electron chi connectivity index (χ1n) is 11.9. The summed E-state index contributed by atoms with van der Waals surface area (Å²) < 4.78 is 29.1. The predicted octanol–water partition coefficient (Wildman–Crippen LogP) is 8.61. The van der Waals surface area contributed by atoms with Crippen molar-refractivity contribution in [2.75, 3.05) is 0 Å². The SMILES string of the molecule is C/C=C/CCC1CCC2CC(c3ccc(-c4ccc(OC(F)F)cc4)cc3)CCC2C1. The molecule has 2 saturated carbocycles. The minimum absolute atomic E-state index is 0.198. The highest BCUT2D eigenvalue weighted by Crippen LogP contribution is 2.48. The molecule has 1 nitrogen and oxygen atoms in total. The van der Waals surface area contributed by atoms with E-state index in [-0.39, 0.29) is 5.75 Å². The minimum Gasteiger partial charge on any atom is -0.435 e. The molecule has 0 heterocycles. The Balaban J connectivity index is 1.33. The van der Waals surface area contributed by atoms with Gasteiger partial charge in [-0.1, -0.05) is 55.0 Å². The first kappa shape index (κ1) is 22.0. The minimum atomic E-state index is -2.78. The van der Waals surface area contributed by atoms with Crippen LogP contribution in [0.3, 0.4) is 0 Å². The normalized spacial score (nSPS) is 26.2. The van der Waals surface area contributed by atoms with Gasteiger partial charge in [-0.3, -0.25) is 0 Å². The van der Waals surface area contributed by atoms with Crippen LogP contribution in [0.5, 0.6) is 5.75 Å². The Bertz CT molecular complexity index is 840. The second kappa shape index (κ2) is 10.4. The van der Waals surface area contributed by atoms with Crippen LogP contribution in [0.4, 0.5) is 8.78 Å². The molecule has 2 aliphatic rings. The molecule has 2 aliphatic carbocycles. The molecular weight excluding hydrogens is 390 g/mol. The number of allylic oxidation sites excluding steroid dienone is 2. The van der Waals surface area contributed by atoms with Crippen LogP contribution < -0.4 is 4.74 Å². The van der Waals surface area contributed by atoms with Crippen LogP contribution >= 0.6 is 0 Å². The fourth-order valence-corrected chi connectivity index (χ4v) is 5.83. The molecule has 0 aromatic heterocycles. The Hall–Kier alpha value is -2.16. The van der Waals surface area contributed by atoms with Gasteiger partial charge in [-0.25, -0.2) is 0 Å². The maximum absolute atomic E-state index is 12.3. The highest BCUT2D eigenvalue weighted by atomic mass is 19.3. The Kier molecular flexibility index (Phi) is 7.42. The van der Waals surface area contributed by atoms with Crippen molar-refractivity contribution in [3.8, 4) is 16.9 Å². The highest BCUT2D eigenvalue weighted by molar-refractivity contribution is 5.64. The predicted molar refractivity (Wildman–Crippen MR) is 123 cm³/mol. The summed E-state index contributed by atoms with van der Waals surface area (Å²) in [6, 6.07) is 15.8. The Morgan fingerprint density at radius 1 is 0.871 bits per heavy atom. The molecule has 2 fully saturated rings. The van der Waals surface area contributed by atoms with Gasteiger partial charge in [0.25, 0.3) is 0 Å². The van der Waals surface area contributed by atoms with Crippen molar-refractivity contribution >= 4 is 0 Å². The molecule has 3 heteroatoms. The topological polar surface area (TPSA) is 9.23 Å². The van der Waals surface area contributed by atoms with Gasteiger partial charge in [0.2, 0.25) is 0 Å². The van der Waals surface area contributed by atoms with E-state index in [0.717, 1.165) is 28.9 Å². The lowest BCUT2D eigenvalue weighted by atomic mass is 9.63. The average molecular weight is 425 g/mol. The van der Waals surface area contributed by atoms with E-state index >= 15 is 0 Å². The molecule has 166 valence electrons. The van der Waals surface area contributed by atoms with Crippen LogP contribution in [0.2, 0.25) is 0 Å². The monoisotopic (exact) mass is 424 g/mol. The average Bonchev–Trinajstić information content (AvgIpc) is 2.79. The summed E-state index contributed by atoms with van der Waals surface area (Å²) in [4.78, 5) is 0. The summed E-state index contributed by atoms with van der Waals surface area (Å²) in [7, 11) is 0. The van der Waals surface area contributed by atoms with E-state index in [9.17, 15) is 8.78 Å². The van der Waals surface area contributed by atoms with Crippen molar-refractivity contribution in [2.45, 2.75) is 70.8 Å². The summed E-state index contributed by atoms with van der Waals surface area (Å²) in [6.45, 7) is -0.667. The van der Waals surface area contributed by atoms with E-state index in [1.807, 2.05) is 12.1 Å². The smallest absolute Gasteiger partial charge is 0.387 e. The third kappa shape index (κ3) is 5.75. The van der Waals surface area contributed by atoms with Crippen molar-refractivity contribution in [1.82, 2.24) is 0 Å². The van der Waals surface area contributed by atoms with Crippen LogP contribution in [-0.2, 0) is 0 Å². The molecule has 4 atom stereocenters. The lowest BCUT2D eigenvalue weighted by Gasteiger charge is -2.42. The number of ether oxygens (including phenoxy) is 1. The van der Waals surface area contributed by atoms with Gasteiger partial charge in [-0.05, 0) is 104 Å². The molecule has 0 radical (unpaired) electrons. The second-order valence-electron chi connectivity index (χ2n) is 9.38. The molecule has 0 bridgehead atoms. The second-order valence-corrected chi connectivity index (χ2v) is 9.38. The zero-order valence-corrected chi connectivity index (χ0v) is 18.5. The van der Waals surface area contributed by atoms with Crippen molar-refractivity contribution in [2.24, 2.45) is 17.8 Å². The number of alkyl halides is 2. The van der Waals surface area contributed by atoms with Gasteiger partial charge in [-0.15, -0.1) is 0 Å². The van der Waals surface area contributed by atoms with Crippen molar-refractivity contribution in [3.05, 3.63) is 66.2 Å². The standard InChI is InChI=1S/C28H34F2O/c1-2-3-4-5-20-6-7-26-19-25(13-12-24(26)18-20)23-10-8-21(9-11-23)22-14-16-27(17-15-22)31-28(29)30/h2-3,8-11,14-17,20,24-26,28H,4-7,12-13,18-19H2,1H3/b3-2+. The maximum atomic E-state index is 12.3. The summed E-state index contributed by atoms with van der Waals surface area (Å²) in [5.74, 6) is 3.65. The largest absolute Gasteiger partial charge is 0.435 e. The highest BCUT2D eigenvalue weighted by Gasteiger charge is 2.35. The summed E-state index contributed by atoms with van der Waals surface area (Å²) in [5, 5.41) is 0. The van der Waals surface area contributed by atoms with Crippen LogP contribution in [0.1, 0.15) is 69.8 Å². The number of benzene rings is 2. The first-order chi connectivity index (χ1) is 15.1. The van der Waals surface area contributed by atoms with Gasteiger partial charge >= 0.3 is 6.61 Å². The van der Waals surface area contributed by atoms with Gasteiger partial charge in [0.1, 0.15) is 5.75 Å². The molecule has 0 spiro atoms. The van der Waals surface area contributed by atoms with Gasteiger partial charge < -0.3 is 4.74 Å². The Labute approximate surface area is 185 Å². The summed E-state index contributed by atoms with van der Waals surface area (Å²) in [6.07, 6.45) is 15.4. The molecule has 4 rings (SSSR count). The fourth-order valence-electron chi connectivity index (χ4n) is 5.83. The first-order valence-corrected chi connectivity index (χ1v) is 11.9. The van der Waals surface area contributed by atoms with E-state index < -0.39 is 6.61 Å². The summed E-state index contributed by atoms with van der Waals surface area (Å²) in [5.41, 5.74) is 3.59. The number of hydrogen-bond acceptors (Lipinski definition) is 1. The molecule has 0 N–H and O–H groups in total. The van der Waals surface area contributed by atoms with Gasteiger partial charge in [0.15, 0.2) is 0 Å². The summed E-state index contributed by atoms with van der Waals surface area (Å²) >= 11 is 0. The quantitative estimate of drug-likeness (QED) is 0.404. The van der Waals surface area contributed by atoms with Crippen LogP contribution in [0.25, 0.3) is 11.1 Å².